The summed E-state index contributed by atoms with van der Waals surface area (Å²) < 4.78 is 6.69. The van der Waals surface area contributed by atoms with Gasteiger partial charge in [0.2, 0.25) is 5.91 Å². The van der Waals surface area contributed by atoms with E-state index in [9.17, 15) is 9.59 Å². The zero-order valence-corrected chi connectivity index (χ0v) is 11.7. The van der Waals surface area contributed by atoms with Crippen molar-refractivity contribution in [2.45, 2.75) is 13.5 Å². The number of nitrogens with one attached hydrogen (secondary N) is 1. The van der Waals surface area contributed by atoms with E-state index in [4.69, 9.17) is 10.5 Å². The van der Waals surface area contributed by atoms with Crippen LogP contribution in [0.25, 0.3) is 0 Å². The van der Waals surface area contributed by atoms with Crippen molar-refractivity contribution in [3.8, 4) is 5.75 Å². The lowest BCUT2D eigenvalue weighted by atomic mass is 10.3. The number of para-hydroxylation sites is 2. The molecule has 3 N–H and O–H groups in total. The van der Waals surface area contributed by atoms with Crippen LogP contribution in [-0.2, 0) is 11.3 Å². The van der Waals surface area contributed by atoms with E-state index >= 15 is 0 Å². The van der Waals surface area contributed by atoms with Crippen LogP contribution in [0.4, 0.5) is 11.4 Å². The Labute approximate surface area is 122 Å². The summed E-state index contributed by atoms with van der Waals surface area (Å²) in [5, 5.41) is 2.73. The van der Waals surface area contributed by atoms with E-state index in [1.807, 2.05) is 13.0 Å². The first-order valence-corrected chi connectivity index (χ1v) is 6.58. The lowest BCUT2D eigenvalue weighted by Gasteiger charge is -2.12. The third kappa shape index (κ3) is 3.85. The maximum Gasteiger partial charge on any atom is 0.251 e. The molecule has 6 nitrogen and oxygen atoms in total. The summed E-state index contributed by atoms with van der Waals surface area (Å²) in [4.78, 5) is 23.7. The molecule has 0 radical (unpaired) electrons. The summed E-state index contributed by atoms with van der Waals surface area (Å²) in [7, 11) is 0. The second-order valence-corrected chi connectivity index (χ2v) is 4.41. The molecular weight excluding hydrogens is 270 g/mol. The summed E-state index contributed by atoms with van der Waals surface area (Å²) in [6.45, 7) is 2.26. The molecule has 0 aliphatic heterocycles. The fourth-order valence-corrected chi connectivity index (χ4v) is 1.87. The molecule has 110 valence electrons. The number of rotatable bonds is 5. The Morgan fingerprint density at radius 3 is 2.81 bits per heavy atom. The predicted molar refractivity (Wildman–Crippen MR) is 81.4 cm³/mol. The van der Waals surface area contributed by atoms with Gasteiger partial charge in [-0.2, -0.15) is 0 Å². The number of nitrogens with two attached hydrogens (primary N) is 1. The Morgan fingerprint density at radius 1 is 1.29 bits per heavy atom. The molecule has 0 fully saturated rings. The zero-order chi connectivity index (χ0) is 15.2. The number of ether oxygens (including phenoxy) is 1. The molecule has 2 aromatic rings. The first-order valence-electron chi connectivity index (χ1n) is 6.58. The second kappa shape index (κ2) is 6.60. The molecular formula is C15H17N3O3. The molecule has 1 amide bonds. The van der Waals surface area contributed by atoms with Gasteiger partial charge in [-0.15, -0.1) is 0 Å². The number of carbonyl (C=O) groups excluding carboxylic acids is 1. The molecule has 1 aromatic carbocycles. The SMILES string of the molecule is CCOc1ccccc1NC(=O)Cn1cc(N)ccc1=O. The molecule has 0 aliphatic carbocycles. The lowest BCUT2D eigenvalue weighted by molar-refractivity contribution is -0.116. The quantitative estimate of drug-likeness (QED) is 0.872. The minimum absolute atomic E-state index is 0.107. The monoisotopic (exact) mass is 287 g/mol. The van der Waals surface area contributed by atoms with Gasteiger partial charge in [-0.25, -0.2) is 0 Å². The van der Waals surface area contributed by atoms with Crippen LogP contribution in [0, 0.1) is 0 Å². The van der Waals surface area contributed by atoms with Crippen LogP contribution in [0.3, 0.4) is 0 Å². The molecule has 0 bridgehead atoms. The minimum Gasteiger partial charge on any atom is -0.492 e. The number of carbonyl (C=O) groups is 1. The first-order chi connectivity index (χ1) is 10.1. The Hall–Kier alpha value is -2.76. The van der Waals surface area contributed by atoms with Crippen molar-refractivity contribution >= 4 is 17.3 Å². The molecule has 21 heavy (non-hydrogen) atoms. The Bertz CT molecular complexity index is 695. The highest BCUT2D eigenvalue weighted by atomic mass is 16.5. The van der Waals surface area contributed by atoms with Crippen LogP contribution in [0.5, 0.6) is 5.75 Å². The Kier molecular flexibility index (Phi) is 4.61. The number of nitrogens with zero attached hydrogens (tertiary/aromatic N) is 1. The van der Waals surface area contributed by atoms with Gasteiger partial charge in [0.05, 0.1) is 12.3 Å². The van der Waals surface area contributed by atoms with Crippen LogP contribution in [-0.4, -0.2) is 17.1 Å². The highest BCUT2D eigenvalue weighted by Crippen LogP contribution is 2.23. The van der Waals surface area contributed by atoms with Gasteiger partial charge >= 0.3 is 0 Å². The number of pyridine rings is 1. The topological polar surface area (TPSA) is 86.3 Å². The minimum atomic E-state index is -0.324. The molecule has 0 aliphatic rings. The Morgan fingerprint density at radius 2 is 2.05 bits per heavy atom. The van der Waals surface area contributed by atoms with Crippen molar-refractivity contribution in [2.75, 3.05) is 17.7 Å². The summed E-state index contributed by atoms with van der Waals surface area (Å²) in [5.41, 5.74) is 6.33. The summed E-state index contributed by atoms with van der Waals surface area (Å²) in [5.74, 6) is 0.267. The van der Waals surface area contributed by atoms with Crippen LogP contribution in [0.15, 0.2) is 47.4 Å². The van der Waals surface area contributed by atoms with E-state index in [0.29, 0.717) is 23.7 Å². The van der Waals surface area contributed by atoms with Crippen LogP contribution in [0.1, 0.15) is 6.92 Å². The largest absolute Gasteiger partial charge is 0.492 e. The van der Waals surface area contributed by atoms with E-state index in [1.165, 1.54) is 22.9 Å². The van der Waals surface area contributed by atoms with Gasteiger partial charge in [0.1, 0.15) is 12.3 Å². The smallest absolute Gasteiger partial charge is 0.251 e. The van der Waals surface area contributed by atoms with Gasteiger partial charge in [-0.3, -0.25) is 9.59 Å². The van der Waals surface area contributed by atoms with Gasteiger partial charge < -0.3 is 20.4 Å². The predicted octanol–water partition coefficient (Wildman–Crippen LogP) is 1.47. The molecule has 1 heterocycles. The van der Waals surface area contributed by atoms with Gasteiger partial charge in [0.15, 0.2) is 0 Å². The zero-order valence-electron chi connectivity index (χ0n) is 11.7. The average Bonchev–Trinajstić information content (AvgIpc) is 2.45. The summed E-state index contributed by atoms with van der Waals surface area (Å²) in [6, 6.07) is 9.96. The molecule has 1 aromatic heterocycles. The van der Waals surface area contributed by atoms with Crippen LogP contribution >= 0.6 is 0 Å². The molecule has 0 saturated heterocycles. The van der Waals surface area contributed by atoms with Crippen molar-refractivity contribution in [1.82, 2.24) is 4.57 Å². The van der Waals surface area contributed by atoms with Crippen molar-refractivity contribution in [1.29, 1.82) is 0 Å². The fraction of sp³-hybridized carbons (Fsp3) is 0.200. The number of anilines is 2. The van der Waals surface area contributed by atoms with Gasteiger partial charge in [0, 0.05) is 18.0 Å². The lowest BCUT2D eigenvalue weighted by Crippen LogP contribution is -2.27. The normalized spacial score (nSPS) is 10.1. The number of amides is 1. The number of hydrogen-bond acceptors (Lipinski definition) is 4. The molecule has 0 atom stereocenters. The van der Waals surface area contributed by atoms with Crippen molar-refractivity contribution in [3.05, 3.63) is 52.9 Å². The van der Waals surface area contributed by atoms with E-state index in [-0.39, 0.29) is 18.0 Å². The number of benzene rings is 1. The highest BCUT2D eigenvalue weighted by molar-refractivity contribution is 5.92. The second-order valence-electron chi connectivity index (χ2n) is 4.41. The molecule has 2 rings (SSSR count). The van der Waals surface area contributed by atoms with Crippen LogP contribution < -0.4 is 21.3 Å². The highest BCUT2D eigenvalue weighted by Gasteiger charge is 2.08. The third-order valence-electron chi connectivity index (χ3n) is 2.78. The average molecular weight is 287 g/mol. The van der Waals surface area contributed by atoms with E-state index in [1.54, 1.807) is 18.2 Å². The number of hydrogen-bond donors (Lipinski definition) is 2. The standard InChI is InChI=1S/C15H17N3O3/c1-2-21-13-6-4-3-5-12(13)17-14(19)10-18-9-11(16)7-8-15(18)20/h3-9H,2,10,16H2,1H3,(H,17,19). The van der Waals surface area contributed by atoms with E-state index in [0.717, 1.165) is 0 Å². The third-order valence-corrected chi connectivity index (χ3v) is 2.78. The van der Waals surface area contributed by atoms with Gasteiger partial charge in [-0.05, 0) is 25.1 Å². The molecule has 0 spiro atoms. The van der Waals surface area contributed by atoms with E-state index < -0.39 is 0 Å². The van der Waals surface area contributed by atoms with Crippen molar-refractivity contribution < 1.29 is 9.53 Å². The van der Waals surface area contributed by atoms with Crippen molar-refractivity contribution in [2.24, 2.45) is 0 Å². The summed E-state index contributed by atoms with van der Waals surface area (Å²) >= 11 is 0. The Balaban J connectivity index is 2.12. The first kappa shape index (κ1) is 14.6. The number of aromatic nitrogens is 1. The van der Waals surface area contributed by atoms with Gasteiger partial charge in [-0.1, -0.05) is 12.1 Å². The fourth-order valence-electron chi connectivity index (χ4n) is 1.87. The molecule has 0 unspecified atom stereocenters. The van der Waals surface area contributed by atoms with Crippen LogP contribution in [0.2, 0.25) is 0 Å². The summed E-state index contributed by atoms with van der Waals surface area (Å²) in [6.07, 6.45) is 1.44. The molecule has 0 saturated carbocycles. The maximum absolute atomic E-state index is 12.0. The van der Waals surface area contributed by atoms with Crippen molar-refractivity contribution in [3.63, 3.8) is 0 Å². The van der Waals surface area contributed by atoms with E-state index in [2.05, 4.69) is 5.32 Å². The molecule has 6 heteroatoms. The van der Waals surface area contributed by atoms with Gasteiger partial charge in [0.25, 0.3) is 5.56 Å². The number of nitrogen functional groups attached to an aromatic ring is 1. The maximum atomic E-state index is 12.0.